The molecule has 0 bridgehead atoms. The van der Waals surface area contributed by atoms with Gasteiger partial charge in [0.15, 0.2) is 0 Å². The molecule has 27 heavy (non-hydrogen) atoms. The molecule has 2 heterocycles. The highest BCUT2D eigenvalue weighted by molar-refractivity contribution is 5.94. The Kier molecular flexibility index (Phi) is 6.72. The van der Waals surface area contributed by atoms with Crippen LogP contribution in [0.25, 0.3) is 0 Å². The first kappa shape index (κ1) is 19.7. The molecule has 148 valence electrons. The molecule has 1 atom stereocenters. The van der Waals surface area contributed by atoms with Crippen LogP contribution >= 0.6 is 0 Å². The fourth-order valence-corrected chi connectivity index (χ4v) is 3.96. The minimum atomic E-state index is 0.00613. The van der Waals surface area contributed by atoms with Crippen molar-refractivity contribution in [3.8, 4) is 0 Å². The second-order valence-electron chi connectivity index (χ2n) is 7.89. The Hall–Kier alpha value is -2.08. The lowest BCUT2D eigenvalue weighted by Crippen LogP contribution is -2.40. The van der Waals surface area contributed by atoms with Crippen molar-refractivity contribution in [1.82, 2.24) is 20.0 Å². The molecular formula is C21H32N4O2. The van der Waals surface area contributed by atoms with Gasteiger partial charge in [-0.1, -0.05) is 12.1 Å². The van der Waals surface area contributed by atoms with Crippen LogP contribution in [0.4, 0.5) is 4.79 Å². The minimum absolute atomic E-state index is 0.00613. The van der Waals surface area contributed by atoms with Crippen LogP contribution < -0.4 is 5.32 Å². The van der Waals surface area contributed by atoms with E-state index in [4.69, 9.17) is 0 Å². The number of rotatable bonds is 4. The van der Waals surface area contributed by atoms with Crippen molar-refractivity contribution in [1.29, 1.82) is 0 Å². The molecule has 1 unspecified atom stereocenters. The Morgan fingerprint density at radius 2 is 1.63 bits per heavy atom. The SMILES string of the molecule is CN(C)C1CCCN(C(=O)NCc2ccc(C(=O)N3CCCC3)cc2)CC1. The maximum absolute atomic E-state index is 12.5. The van der Waals surface area contributed by atoms with E-state index >= 15 is 0 Å². The number of nitrogens with one attached hydrogen (secondary N) is 1. The predicted octanol–water partition coefficient (Wildman–Crippen LogP) is 2.55. The first-order chi connectivity index (χ1) is 13.0. The van der Waals surface area contributed by atoms with E-state index in [1.54, 1.807) is 0 Å². The largest absolute Gasteiger partial charge is 0.339 e. The van der Waals surface area contributed by atoms with E-state index in [0.29, 0.717) is 12.6 Å². The summed E-state index contributed by atoms with van der Waals surface area (Å²) in [6.07, 6.45) is 5.41. The van der Waals surface area contributed by atoms with Crippen LogP contribution in [-0.4, -0.2) is 73.0 Å². The molecule has 2 aliphatic heterocycles. The normalized spacial score (nSPS) is 20.6. The van der Waals surface area contributed by atoms with Crippen LogP contribution in [0.1, 0.15) is 48.0 Å². The third kappa shape index (κ3) is 5.22. The zero-order valence-corrected chi connectivity index (χ0v) is 16.6. The van der Waals surface area contributed by atoms with Crippen molar-refractivity contribution in [2.45, 2.75) is 44.7 Å². The van der Waals surface area contributed by atoms with Crippen LogP contribution in [0.2, 0.25) is 0 Å². The summed E-state index contributed by atoms with van der Waals surface area (Å²) >= 11 is 0. The monoisotopic (exact) mass is 372 g/mol. The fraction of sp³-hybridized carbons (Fsp3) is 0.619. The van der Waals surface area contributed by atoms with Gasteiger partial charge in [-0.2, -0.15) is 0 Å². The number of benzene rings is 1. The van der Waals surface area contributed by atoms with Gasteiger partial charge in [0.2, 0.25) is 0 Å². The van der Waals surface area contributed by atoms with E-state index in [-0.39, 0.29) is 11.9 Å². The lowest BCUT2D eigenvalue weighted by molar-refractivity contribution is 0.0792. The number of carbonyl (C=O) groups is 2. The van der Waals surface area contributed by atoms with Crippen molar-refractivity contribution in [2.24, 2.45) is 0 Å². The molecule has 0 radical (unpaired) electrons. The van der Waals surface area contributed by atoms with E-state index in [1.165, 1.54) is 0 Å². The van der Waals surface area contributed by atoms with Gasteiger partial charge in [-0.05, 0) is 63.9 Å². The maximum Gasteiger partial charge on any atom is 0.317 e. The quantitative estimate of drug-likeness (QED) is 0.884. The number of amides is 3. The molecule has 1 aromatic rings. The molecule has 0 aliphatic carbocycles. The Bertz CT molecular complexity index is 638. The smallest absolute Gasteiger partial charge is 0.317 e. The lowest BCUT2D eigenvalue weighted by atomic mass is 10.1. The fourth-order valence-electron chi connectivity index (χ4n) is 3.96. The molecule has 2 saturated heterocycles. The summed E-state index contributed by atoms with van der Waals surface area (Å²) < 4.78 is 0. The summed E-state index contributed by atoms with van der Waals surface area (Å²) in [5, 5.41) is 3.02. The standard InChI is InChI=1S/C21H32N4O2/c1-23(2)19-6-5-14-25(15-11-19)21(27)22-16-17-7-9-18(10-8-17)20(26)24-12-3-4-13-24/h7-10,19H,3-6,11-16H2,1-2H3,(H,22,27). The molecular weight excluding hydrogens is 340 g/mol. The van der Waals surface area contributed by atoms with Crippen molar-refractivity contribution in [2.75, 3.05) is 40.3 Å². The number of carbonyl (C=O) groups excluding carboxylic acids is 2. The second-order valence-corrected chi connectivity index (χ2v) is 7.89. The van der Waals surface area contributed by atoms with Crippen molar-refractivity contribution < 1.29 is 9.59 Å². The molecule has 1 N–H and O–H groups in total. The molecule has 6 heteroatoms. The average molecular weight is 373 g/mol. The van der Waals surface area contributed by atoms with Crippen LogP contribution in [0.15, 0.2) is 24.3 Å². The van der Waals surface area contributed by atoms with Gasteiger partial charge in [0.1, 0.15) is 0 Å². The van der Waals surface area contributed by atoms with Crippen LogP contribution in [0, 0.1) is 0 Å². The molecule has 2 fully saturated rings. The van der Waals surface area contributed by atoms with E-state index in [2.05, 4.69) is 24.3 Å². The van der Waals surface area contributed by atoms with Gasteiger partial charge in [0.25, 0.3) is 5.91 Å². The zero-order chi connectivity index (χ0) is 19.2. The second kappa shape index (κ2) is 9.22. The summed E-state index contributed by atoms with van der Waals surface area (Å²) in [4.78, 5) is 31.0. The third-order valence-corrected chi connectivity index (χ3v) is 5.75. The van der Waals surface area contributed by atoms with Gasteiger partial charge < -0.3 is 20.0 Å². The van der Waals surface area contributed by atoms with Crippen molar-refractivity contribution >= 4 is 11.9 Å². The van der Waals surface area contributed by atoms with Crippen molar-refractivity contribution in [3.05, 3.63) is 35.4 Å². The molecule has 1 aromatic carbocycles. The molecule has 3 amide bonds. The van der Waals surface area contributed by atoms with Gasteiger partial charge in [-0.3, -0.25) is 4.79 Å². The molecule has 0 spiro atoms. The predicted molar refractivity (Wildman–Crippen MR) is 107 cm³/mol. The number of urea groups is 1. The lowest BCUT2D eigenvalue weighted by Gasteiger charge is -2.23. The zero-order valence-electron chi connectivity index (χ0n) is 16.6. The Morgan fingerprint density at radius 3 is 2.30 bits per heavy atom. The van der Waals surface area contributed by atoms with Crippen LogP contribution in [0.3, 0.4) is 0 Å². The maximum atomic E-state index is 12.5. The minimum Gasteiger partial charge on any atom is -0.339 e. The summed E-state index contributed by atoms with van der Waals surface area (Å²) in [7, 11) is 4.22. The Labute approximate surface area is 162 Å². The number of nitrogens with zero attached hydrogens (tertiary/aromatic N) is 3. The van der Waals surface area contributed by atoms with Gasteiger partial charge in [-0.15, -0.1) is 0 Å². The number of likely N-dealkylation sites (tertiary alicyclic amines) is 2. The Balaban J connectivity index is 1.48. The third-order valence-electron chi connectivity index (χ3n) is 5.75. The van der Waals surface area contributed by atoms with Gasteiger partial charge in [-0.25, -0.2) is 4.79 Å². The molecule has 0 aromatic heterocycles. The van der Waals surface area contributed by atoms with E-state index in [1.807, 2.05) is 34.1 Å². The highest BCUT2D eigenvalue weighted by atomic mass is 16.2. The Morgan fingerprint density at radius 1 is 0.963 bits per heavy atom. The van der Waals surface area contributed by atoms with E-state index < -0.39 is 0 Å². The number of hydrogen-bond donors (Lipinski definition) is 1. The highest BCUT2D eigenvalue weighted by Gasteiger charge is 2.22. The van der Waals surface area contributed by atoms with E-state index in [0.717, 1.165) is 69.4 Å². The summed E-state index contributed by atoms with van der Waals surface area (Å²) in [6.45, 7) is 3.84. The average Bonchev–Trinajstić information content (AvgIpc) is 3.09. The van der Waals surface area contributed by atoms with Crippen LogP contribution in [0.5, 0.6) is 0 Å². The first-order valence-corrected chi connectivity index (χ1v) is 10.1. The first-order valence-electron chi connectivity index (χ1n) is 10.1. The summed E-state index contributed by atoms with van der Waals surface area (Å²) in [6, 6.07) is 8.18. The highest BCUT2D eigenvalue weighted by Crippen LogP contribution is 2.16. The topological polar surface area (TPSA) is 55.9 Å². The van der Waals surface area contributed by atoms with Gasteiger partial charge >= 0.3 is 6.03 Å². The van der Waals surface area contributed by atoms with E-state index in [9.17, 15) is 9.59 Å². The van der Waals surface area contributed by atoms with Gasteiger partial charge in [0.05, 0.1) is 0 Å². The molecule has 2 aliphatic rings. The molecule has 0 saturated carbocycles. The van der Waals surface area contributed by atoms with Crippen molar-refractivity contribution in [3.63, 3.8) is 0 Å². The summed E-state index contributed by atoms with van der Waals surface area (Å²) in [5.74, 6) is 0.114. The molecule has 3 rings (SSSR count). The van der Waals surface area contributed by atoms with Gasteiger partial charge in [0, 0.05) is 44.3 Å². The molecule has 6 nitrogen and oxygen atoms in total. The number of hydrogen-bond acceptors (Lipinski definition) is 3. The van der Waals surface area contributed by atoms with Crippen LogP contribution in [-0.2, 0) is 6.54 Å². The summed E-state index contributed by atoms with van der Waals surface area (Å²) in [5.41, 5.74) is 1.75.